The molecule has 4 heteroatoms. The molecule has 2 N–H and O–H groups in total. The average Bonchev–Trinajstić information content (AvgIpc) is 2.37. The van der Waals surface area contributed by atoms with Crippen molar-refractivity contribution in [2.24, 2.45) is 0 Å². The Hall–Kier alpha value is -1.71. The van der Waals surface area contributed by atoms with Crippen molar-refractivity contribution in [3.05, 3.63) is 24.3 Å². The summed E-state index contributed by atoms with van der Waals surface area (Å²) in [6, 6.07) is 7.50. The summed E-state index contributed by atoms with van der Waals surface area (Å²) in [6.45, 7) is 5.63. The summed E-state index contributed by atoms with van der Waals surface area (Å²) in [7, 11) is 0. The highest BCUT2D eigenvalue weighted by Gasteiger charge is 2.10. The maximum atomic E-state index is 11.6. The number of ether oxygens (including phenoxy) is 1. The van der Waals surface area contributed by atoms with Crippen LogP contribution in [0.25, 0.3) is 0 Å². The summed E-state index contributed by atoms with van der Waals surface area (Å²) >= 11 is 0. The van der Waals surface area contributed by atoms with E-state index in [9.17, 15) is 4.79 Å². The molecule has 0 radical (unpaired) electrons. The number of esters is 1. The Bertz CT molecular complexity index is 363. The van der Waals surface area contributed by atoms with Crippen LogP contribution < -0.4 is 10.6 Å². The van der Waals surface area contributed by atoms with Crippen LogP contribution in [0.4, 0.5) is 11.4 Å². The number of likely N-dealkylation sites (N-methyl/N-ethyl adjacent to an activating group) is 1. The standard InChI is InChI=1S/C14H22N2O2/c1-3-5-10-18-14(17)11-16(4-2)13-8-6-12(15)7-9-13/h6-9H,3-5,10-11,15H2,1-2H3. The quantitative estimate of drug-likeness (QED) is 0.459. The lowest BCUT2D eigenvalue weighted by molar-refractivity contribution is -0.142. The van der Waals surface area contributed by atoms with E-state index in [4.69, 9.17) is 10.5 Å². The largest absolute Gasteiger partial charge is 0.464 e. The number of anilines is 2. The lowest BCUT2D eigenvalue weighted by atomic mass is 10.2. The molecule has 0 saturated carbocycles. The highest BCUT2D eigenvalue weighted by Crippen LogP contribution is 2.15. The molecule has 0 aliphatic rings. The maximum Gasteiger partial charge on any atom is 0.325 e. The molecule has 0 unspecified atom stereocenters. The van der Waals surface area contributed by atoms with E-state index < -0.39 is 0 Å². The Morgan fingerprint density at radius 2 is 1.94 bits per heavy atom. The van der Waals surface area contributed by atoms with Crippen LogP contribution in [0.5, 0.6) is 0 Å². The predicted molar refractivity (Wildman–Crippen MR) is 74.6 cm³/mol. The van der Waals surface area contributed by atoms with E-state index in [2.05, 4.69) is 6.92 Å². The van der Waals surface area contributed by atoms with Gasteiger partial charge in [-0.1, -0.05) is 13.3 Å². The molecular weight excluding hydrogens is 228 g/mol. The van der Waals surface area contributed by atoms with Crippen LogP contribution in [-0.4, -0.2) is 25.7 Å². The Morgan fingerprint density at radius 3 is 2.50 bits per heavy atom. The van der Waals surface area contributed by atoms with E-state index in [1.54, 1.807) is 0 Å². The van der Waals surface area contributed by atoms with Crippen molar-refractivity contribution in [1.82, 2.24) is 0 Å². The number of nitrogen functional groups attached to an aromatic ring is 1. The van der Waals surface area contributed by atoms with Gasteiger partial charge in [-0.3, -0.25) is 4.79 Å². The second-order valence-electron chi connectivity index (χ2n) is 4.18. The molecule has 0 aromatic heterocycles. The number of nitrogens with zero attached hydrogens (tertiary/aromatic N) is 1. The molecule has 0 aliphatic heterocycles. The fourth-order valence-electron chi connectivity index (χ4n) is 1.60. The number of hydrogen-bond donors (Lipinski definition) is 1. The molecule has 0 aliphatic carbocycles. The zero-order valence-corrected chi connectivity index (χ0v) is 11.2. The molecule has 4 nitrogen and oxygen atoms in total. The van der Waals surface area contributed by atoms with E-state index >= 15 is 0 Å². The molecule has 100 valence electrons. The highest BCUT2D eigenvalue weighted by molar-refractivity contribution is 5.76. The molecule has 0 atom stereocenters. The van der Waals surface area contributed by atoms with Gasteiger partial charge in [0, 0.05) is 17.9 Å². The van der Waals surface area contributed by atoms with E-state index in [0.717, 1.165) is 30.8 Å². The summed E-state index contributed by atoms with van der Waals surface area (Å²) in [5.74, 6) is -0.179. The number of carbonyl (C=O) groups is 1. The summed E-state index contributed by atoms with van der Waals surface area (Å²) in [5, 5.41) is 0. The molecule has 0 heterocycles. The molecule has 0 bridgehead atoms. The van der Waals surface area contributed by atoms with Crippen molar-refractivity contribution in [2.45, 2.75) is 26.7 Å². The Labute approximate surface area is 109 Å². The number of nitrogens with two attached hydrogens (primary N) is 1. The summed E-state index contributed by atoms with van der Waals surface area (Å²) in [5.41, 5.74) is 7.35. The number of benzene rings is 1. The monoisotopic (exact) mass is 250 g/mol. The van der Waals surface area contributed by atoms with Gasteiger partial charge in [0.15, 0.2) is 0 Å². The third-order valence-corrected chi connectivity index (χ3v) is 2.72. The van der Waals surface area contributed by atoms with Gasteiger partial charge >= 0.3 is 5.97 Å². The minimum absolute atomic E-state index is 0.179. The SMILES string of the molecule is CCCCOC(=O)CN(CC)c1ccc(N)cc1. The summed E-state index contributed by atoms with van der Waals surface area (Å²) < 4.78 is 5.15. The summed E-state index contributed by atoms with van der Waals surface area (Å²) in [4.78, 5) is 13.6. The predicted octanol–water partition coefficient (Wildman–Crippen LogP) is 2.44. The van der Waals surface area contributed by atoms with Gasteiger partial charge in [-0.25, -0.2) is 0 Å². The molecule has 0 fully saturated rings. The van der Waals surface area contributed by atoms with Crippen LogP contribution in [0.2, 0.25) is 0 Å². The normalized spacial score (nSPS) is 10.1. The van der Waals surface area contributed by atoms with Gasteiger partial charge in [0.2, 0.25) is 0 Å². The first-order chi connectivity index (χ1) is 8.67. The Morgan fingerprint density at radius 1 is 1.28 bits per heavy atom. The van der Waals surface area contributed by atoms with Gasteiger partial charge in [0.25, 0.3) is 0 Å². The van der Waals surface area contributed by atoms with Gasteiger partial charge in [-0.2, -0.15) is 0 Å². The molecule has 1 aromatic rings. The molecule has 0 saturated heterocycles. The maximum absolute atomic E-state index is 11.6. The molecule has 0 spiro atoms. The molecule has 0 amide bonds. The first-order valence-electron chi connectivity index (χ1n) is 6.43. The van der Waals surface area contributed by atoms with Gasteiger partial charge in [-0.15, -0.1) is 0 Å². The van der Waals surface area contributed by atoms with Gasteiger partial charge in [-0.05, 0) is 37.6 Å². The third-order valence-electron chi connectivity index (χ3n) is 2.72. The topological polar surface area (TPSA) is 55.6 Å². The number of rotatable bonds is 7. The van der Waals surface area contributed by atoms with Crippen LogP contribution in [0.3, 0.4) is 0 Å². The van der Waals surface area contributed by atoms with Crippen LogP contribution in [-0.2, 0) is 9.53 Å². The third kappa shape index (κ3) is 4.65. The zero-order valence-electron chi connectivity index (χ0n) is 11.2. The van der Waals surface area contributed by atoms with Crippen LogP contribution >= 0.6 is 0 Å². The smallest absolute Gasteiger partial charge is 0.325 e. The van der Waals surface area contributed by atoms with Gasteiger partial charge < -0.3 is 15.4 Å². The highest BCUT2D eigenvalue weighted by atomic mass is 16.5. The van der Waals surface area contributed by atoms with Crippen molar-refractivity contribution in [1.29, 1.82) is 0 Å². The minimum atomic E-state index is -0.179. The second-order valence-corrected chi connectivity index (χ2v) is 4.18. The molecule has 1 aromatic carbocycles. The lowest BCUT2D eigenvalue weighted by Gasteiger charge is -2.22. The van der Waals surface area contributed by atoms with Crippen molar-refractivity contribution >= 4 is 17.3 Å². The zero-order chi connectivity index (χ0) is 13.4. The molecule has 1 rings (SSSR count). The van der Waals surface area contributed by atoms with E-state index in [1.165, 1.54) is 0 Å². The average molecular weight is 250 g/mol. The number of hydrogen-bond acceptors (Lipinski definition) is 4. The number of unbranched alkanes of at least 4 members (excludes halogenated alkanes) is 1. The lowest BCUT2D eigenvalue weighted by Crippen LogP contribution is -2.30. The summed E-state index contributed by atoms with van der Waals surface area (Å²) in [6.07, 6.45) is 1.95. The number of carbonyl (C=O) groups excluding carboxylic acids is 1. The first-order valence-corrected chi connectivity index (χ1v) is 6.43. The Kier molecular flexibility index (Phi) is 6.05. The van der Waals surface area contributed by atoms with Crippen molar-refractivity contribution < 1.29 is 9.53 Å². The minimum Gasteiger partial charge on any atom is -0.464 e. The van der Waals surface area contributed by atoms with E-state index in [-0.39, 0.29) is 12.5 Å². The second kappa shape index (κ2) is 7.58. The van der Waals surface area contributed by atoms with Gasteiger partial charge in [0.05, 0.1) is 6.61 Å². The fraction of sp³-hybridized carbons (Fsp3) is 0.500. The first kappa shape index (κ1) is 14.4. The van der Waals surface area contributed by atoms with Crippen LogP contribution in [0.15, 0.2) is 24.3 Å². The fourth-order valence-corrected chi connectivity index (χ4v) is 1.60. The van der Waals surface area contributed by atoms with Crippen molar-refractivity contribution in [2.75, 3.05) is 30.3 Å². The van der Waals surface area contributed by atoms with Crippen LogP contribution in [0, 0.1) is 0 Å². The Balaban J connectivity index is 2.51. The van der Waals surface area contributed by atoms with E-state index in [1.807, 2.05) is 36.1 Å². The molecular formula is C14H22N2O2. The van der Waals surface area contributed by atoms with Crippen LogP contribution in [0.1, 0.15) is 26.7 Å². The van der Waals surface area contributed by atoms with Crippen molar-refractivity contribution in [3.63, 3.8) is 0 Å². The van der Waals surface area contributed by atoms with E-state index in [0.29, 0.717) is 6.61 Å². The van der Waals surface area contributed by atoms with Gasteiger partial charge in [0.1, 0.15) is 6.54 Å². The van der Waals surface area contributed by atoms with Crippen molar-refractivity contribution in [3.8, 4) is 0 Å². The molecule has 18 heavy (non-hydrogen) atoms.